The minimum Gasteiger partial charge on any atom is -0.365 e. The van der Waals surface area contributed by atoms with E-state index in [-0.39, 0.29) is 0 Å². The fourth-order valence-electron chi connectivity index (χ4n) is 5.44. The van der Waals surface area contributed by atoms with E-state index in [0.717, 1.165) is 38.2 Å². The molecule has 0 spiro atoms. The van der Waals surface area contributed by atoms with Gasteiger partial charge >= 0.3 is 0 Å². The Balaban J connectivity index is 1.26. The number of aromatic nitrogens is 4. The van der Waals surface area contributed by atoms with Crippen LogP contribution in [0.5, 0.6) is 0 Å². The number of nitrogens with zero attached hydrogens (tertiary/aromatic N) is 6. The van der Waals surface area contributed by atoms with Gasteiger partial charge in [-0.2, -0.15) is 0 Å². The van der Waals surface area contributed by atoms with Gasteiger partial charge in [-0.05, 0) is 44.2 Å². The summed E-state index contributed by atoms with van der Waals surface area (Å²) in [6.07, 6.45) is 13.4. The number of likely N-dealkylation sites (N-methyl/N-ethyl adjacent to an activating group) is 1. The Morgan fingerprint density at radius 1 is 0.968 bits per heavy atom. The Morgan fingerprint density at radius 3 is 2.58 bits per heavy atom. The fourth-order valence-corrected chi connectivity index (χ4v) is 5.44. The summed E-state index contributed by atoms with van der Waals surface area (Å²) >= 11 is 0. The van der Waals surface area contributed by atoms with Crippen LogP contribution in [0, 0.1) is 0 Å². The molecule has 1 aliphatic heterocycles. The first-order valence-electron chi connectivity index (χ1n) is 11.7. The molecule has 1 aromatic carbocycles. The molecule has 0 radical (unpaired) electrons. The van der Waals surface area contributed by atoms with Crippen LogP contribution < -0.4 is 9.80 Å². The molecule has 3 aromatic rings. The van der Waals surface area contributed by atoms with Gasteiger partial charge in [0, 0.05) is 37.6 Å². The second-order valence-corrected chi connectivity index (χ2v) is 8.76. The molecule has 6 heteroatoms. The van der Waals surface area contributed by atoms with Crippen LogP contribution in [0.1, 0.15) is 50.3 Å². The molecular formula is C25H32N6. The molecule has 0 saturated heterocycles. The fraction of sp³-hybridized carbons (Fsp3) is 0.480. The zero-order valence-corrected chi connectivity index (χ0v) is 18.4. The number of hydrogen-bond acceptors (Lipinski definition) is 5. The second-order valence-electron chi connectivity index (χ2n) is 8.76. The van der Waals surface area contributed by atoms with Gasteiger partial charge in [-0.25, -0.2) is 4.68 Å². The molecular weight excluding hydrogens is 384 g/mol. The van der Waals surface area contributed by atoms with Crippen LogP contribution in [0.25, 0.3) is 0 Å². The first-order valence-corrected chi connectivity index (χ1v) is 11.7. The minimum atomic E-state index is 0.596. The van der Waals surface area contributed by atoms with Gasteiger partial charge in [-0.1, -0.05) is 48.4 Å². The monoisotopic (exact) mass is 416 g/mol. The van der Waals surface area contributed by atoms with Crippen molar-refractivity contribution in [2.45, 2.75) is 64.1 Å². The number of fused-ring (bicyclic) bond motifs is 2. The topological polar surface area (TPSA) is 50.1 Å². The van der Waals surface area contributed by atoms with Crippen LogP contribution in [0.15, 0.2) is 55.0 Å². The Hall–Kier alpha value is -2.89. The van der Waals surface area contributed by atoms with Crippen LogP contribution in [0.2, 0.25) is 0 Å². The summed E-state index contributed by atoms with van der Waals surface area (Å²) in [5.41, 5.74) is 4.99. The van der Waals surface area contributed by atoms with Gasteiger partial charge in [0.15, 0.2) is 0 Å². The van der Waals surface area contributed by atoms with Gasteiger partial charge in [0.2, 0.25) is 0 Å². The number of aryl methyl sites for hydroxylation is 1. The third-order valence-corrected chi connectivity index (χ3v) is 6.84. The average Bonchev–Trinajstić information content (AvgIpc) is 3.26. The predicted octanol–water partition coefficient (Wildman–Crippen LogP) is 4.31. The molecule has 0 bridgehead atoms. The third kappa shape index (κ3) is 4.16. The Labute approximate surface area is 184 Å². The molecule has 2 atom stereocenters. The molecule has 2 aromatic heterocycles. The van der Waals surface area contributed by atoms with E-state index < -0.39 is 0 Å². The Bertz CT molecular complexity index is 984. The third-order valence-electron chi connectivity index (χ3n) is 6.84. The number of anilines is 2. The quantitative estimate of drug-likeness (QED) is 0.574. The minimum absolute atomic E-state index is 0.596. The van der Waals surface area contributed by atoms with E-state index >= 15 is 0 Å². The summed E-state index contributed by atoms with van der Waals surface area (Å²) in [6.45, 7) is 5.17. The maximum atomic E-state index is 4.47. The van der Waals surface area contributed by atoms with Gasteiger partial charge in [0.1, 0.15) is 0 Å². The van der Waals surface area contributed by atoms with Gasteiger partial charge in [-0.15, -0.1) is 5.10 Å². The Morgan fingerprint density at radius 2 is 1.77 bits per heavy atom. The van der Waals surface area contributed by atoms with Crippen molar-refractivity contribution in [3.63, 3.8) is 0 Å². The van der Waals surface area contributed by atoms with Crippen molar-refractivity contribution in [1.82, 2.24) is 20.0 Å². The number of pyridine rings is 1. The first kappa shape index (κ1) is 20.0. The average molecular weight is 417 g/mol. The van der Waals surface area contributed by atoms with E-state index in [1.54, 1.807) is 0 Å². The number of hydrogen-bond donors (Lipinski definition) is 0. The van der Waals surface area contributed by atoms with E-state index in [1.165, 1.54) is 42.6 Å². The van der Waals surface area contributed by atoms with Crippen LogP contribution in [-0.4, -0.2) is 45.2 Å². The lowest BCUT2D eigenvalue weighted by Gasteiger charge is -2.52. The molecule has 1 aliphatic carbocycles. The molecule has 0 amide bonds. The van der Waals surface area contributed by atoms with Crippen molar-refractivity contribution in [2.75, 3.05) is 22.9 Å². The van der Waals surface area contributed by atoms with Gasteiger partial charge in [0.05, 0.1) is 29.8 Å². The largest absolute Gasteiger partial charge is 0.365 e. The van der Waals surface area contributed by atoms with Crippen molar-refractivity contribution < 1.29 is 0 Å². The normalized spacial score (nSPS) is 20.4. The van der Waals surface area contributed by atoms with E-state index in [1.807, 2.05) is 16.9 Å². The summed E-state index contributed by atoms with van der Waals surface area (Å²) in [4.78, 5) is 9.73. The molecule has 6 nitrogen and oxygen atoms in total. The zero-order chi connectivity index (χ0) is 21.0. The van der Waals surface area contributed by atoms with Crippen molar-refractivity contribution >= 4 is 11.4 Å². The van der Waals surface area contributed by atoms with E-state index in [0.29, 0.717) is 12.1 Å². The maximum Gasteiger partial charge on any atom is 0.0827 e. The Kier molecular flexibility index (Phi) is 5.87. The first-order chi connectivity index (χ1) is 15.3. The highest BCUT2D eigenvalue weighted by molar-refractivity contribution is 5.74. The van der Waals surface area contributed by atoms with Crippen LogP contribution >= 0.6 is 0 Å². The van der Waals surface area contributed by atoms with Gasteiger partial charge in [0.25, 0.3) is 0 Å². The zero-order valence-electron chi connectivity index (χ0n) is 18.4. The highest BCUT2D eigenvalue weighted by atomic mass is 15.4. The standard InChI is InChI=1S/C25H32N6/c1-2-30-22-12-6-7-13-23(22)31(25-17-26-15-14-24(25)30)16-8-11-21-19-29(28-27-21)18-20-9-4-3-5-10-20/h3-5,9-10,14-15,17,19,22-23H,2,6-8,11-13,16,18H2,1H3/t22-,23+/m0/s1. The lowest BCUT2D eigenvalue weighted by atomic mass is 9.85. The van der Waals surface area contributed by atoms with E-state index in [2.05, 4.69) is 74.7 Å². The SMILES string of the molecule is CCN1c2ccncc2N(CCCc2cn(Cc3ccccc3)nn2)[C@@H]2CCCC[C@@H]21. The summed E-state index contributed by atoms with van der Waals surface area (Å²) in [7, 11) is 0. The van der Waals surface area contributed by atoms with E-state index in [9.17, 15) is 0 Å². The van der Waals surface area contributed by atoms with Crippen LogP contribution in [0.3, 0.4) is 0 Å². The molecule has 1 saturated carbocycles. The van der Waals surface area contributed by atoms with Crippen LogP contribution in [-0.2, 0) is 13.0 Å². The van der Waals surface area contributed by atoms with Crippen molar-refractivity contribution in [3.8, 4) is 0 Å². The summed E-state index contributed by atoms with van der Waals surface area (Å²) in [6, 6.07) is 13.9. The molecule has 0 N–H and O–H groups in total. The van der Waals surface area contributed by atoms with Crippen LogP contribution in [0.4, 0.5) is 11.4 Å². The molecule has 1 fully saturated rings. The smallest absolute Gasteiger partial charge is 0.0827 e. The molecule has 3 heterocycles. The maximum absolute atomic E-state index is 4.47. The number of benzene rings is 1. The van der Waals surface area contributed by atoms with Crippen molar-refractivity contribution in [2.24, 2.45) is 0 Å². The summed E-state index contributed by atoms with van der Waals surface area (Å²) in [5.74, 6) is 0. The van der Waals surface area contributed by atoms with Crippen molar-refractivity contribution in [1.29, 1.82) is 0 Å². The lowest BCUT2D eigenvalue weighted by molar-refractivity contribution is 0.336. The second kappa shape index (κ2) is 9.08. The lowest BCUT2D eigenvalue weighted by Crippen LogP contribution is -2.58. The van der Waals surface area contributed by atoms with Gasteiger partial charge in [-0.3, -0.25) is 4.98 Å². The molecule has 2 aliphatic rings. The highest BCUT2D eigenvalue weighted by Crippen LogP contribution is 2.42. The highest BCUT2D eigenvalue weighted by Gasteiger charge is 2.39. The van der Waals surface area contributed by atoms with E-state index in [4.69, 9.17) is 0 Å². The van der Waals surface area contributed by atoms with Crippen molar-refractivity contribution in [3.05, 3.63) is 66.2 Å². The molecule has 5 rings (SSSR count). The predicted molar refractivity (Wildman–Crippen MR) is 125 cm³/mol. The number of rotatable bonds is 7. The summed E-state index contributed by atoms with van der Waals surface area (Å²) in [5, 5.41) is 8.76. The molecule has 31 heavy (non-hydrogen) atoms. The van der Waals surface area contributed by atoms with Gasteiger partial charge < -0.3 is 9.80 Å². The molecule has 162 valence electrons. The molecule has 0 unspecified atom stereocenters. The summed E-state index contributed by atoms with van der Waals surface area (Å²) < 4.78 is 1.95.